The van der Waals surface area contributed by atoms with Crippen LogP contribution in [0.25, 0.3) is 33.7 Å². The van der Waals surface area contributed by atoms with Gasteiger partial charge in [-0.25, -0.2) is 0 Å². The van der Waals surface area contributed by atoms with E-state index in [-0.39, 0.29) is 5.97 Å². The molecule has 5 aromatic rings. The zero-order chi connectivity index (χ0) is 26.8. The van der Waals surface area contributed by atoms with Crippen molar-refractivity contribution in [3.63, 3.8) is 0 Å². The minimum absolute atomic E-state index is 0.108. The van der Waals surface area contributed by atoms with Gasteiger partial charge in [-0.1, -0.05) is 84.0 Å². The molecule has 0 radical (unpaired) electrons. The van der Waals surface area contributed by atoms with Crippen LogP contribution in [-0.4, -0.2) is 22.7 Å². The molecule has 5 heteroatoms. The Hall–Kier alpha value is -4.51. The van der Waals surface area contributed by atoms with Crippen molar-refractivity contribution < 1.29 is 14.1 Å². The van der Waals surface area contributed by atoms with Crippen LogP contribution in [0.5, 0.6) is 0 Å². The van der Waals surface area contributed by atoms with E-state index in [0.29, 0.717) is 13.0 Å². The standard InChI is InChI=1S/C34H30N2O3/c1-3-38-33(37)34(18-19-34)29-15-13-26(14-16-29)25-9-11-28(12-10-25)32-30(23(2)36-39-32)21-24-17-20-35-31(22-24)27-7-5-4-6-8-27/h4-17,20,22H,3,18-19,21H2,1-2H3. The number of pyridine rings is 1. The van der Waals surface area contributed by atoms with Gasteiger partial charge < -0.3 is 9.26 Å². The summed E-state index contributed by atoms with van der Waals surface area (Å²) in [5.74, 6) is 0.681. The number of esters is 1. The lowest BCUT2D eigenvalue weighted by atomic mass is 9.93. The number of hydrogen-bond donors (Lipinski definition) is 0. The van der Waals surface area contributed by atoms with Gasteiger partial charge in [0.1, 0.15) is 0 Å². The second kappa shape index (κ2) is 10.3. The average Bonchev–Trinajstić information content (AvgIpc) is 3.73. The maximum Gasteiger partial charge on any atom is 0.316 e. The lowest BCUT2D eigenvalue weighted by molar-refractivity contribution is -0.146. The minimum atomic E-state index is -0.449. The van der Waals surface area contributed by atoms with Crippen molar-refractivity contribution in [2.45, 2.75) is 38.5 Å². The van der Waals surface area contributed by atoms with Crippen LogP contribution in [0.4, 0.5) is 0 Å². The highest BCUT2D eigenvalue weighted by atomic mass is 16.5. The molecular formula is C34H30N2O3. The summed E-state index contributed by atoms with van der Waals surface area (Å²) in [7, 11) is 0. The van der Waals surface area contributed by atoms with Crippen molar-refractivity contribution in [3.8, 4) is 33.7 Å². The Morgan fingerprint density at radius 3 is 2.21 bits per heavy atom. The molecule has 0 bridgehead atoms. The van der Waals surface area contributed by atoms with E-state index in [1.54, 1.807) is 0 Å². The van der Waals surface area contributed by atoms with Gasteiger partial charge in [0.05, 0.1) is 23.4 Å². The molecular weight excluding hydrogens is 484 g/mol. The summed E-state index contributed by atoms with van der Waals surface area (Å²) in [6.45, 7) is 4.25. The van der Waals surface area contributed by atoms with Crippen LogP contribution in [0, 0.1) is 6.92 Å². The zero-order valence-corrected chi connectivity index (χ0v) is 22.2. The summed E-state index contributed by atoms with van der Waals surface area (Å²) >= 11 is 0. The van der Waals surface area contributed by atoms with E-state index < -0.39 is 5.41 Å². The van der Waals surface area contributed by atoms with E-state index in [1.807, 2.05) is 44.3 Å². The molecule has 3 aromatic carbocycles. The van der Waals surface area contributed by atoms with Gasteiger partial charge >= 0.3 is 5.97 Å². The van der Waals surface area contributed by atoms with Crippen LogP contribution >= 0.6 is 0 Å². The molecule has 1 fully saturated rings. The summed E-state index contributed by atoms with van der Waals surface area (Å²) < 4.78 is 11.1. The van der Waals surface area contributed by atoms with Crippen LogP contribution in [0.1, 0.15) is 42.1 Å². The molecule has 1 aliphatic rings. The molecule has 2 aromatic heterocycles. The third-order valence-electron chi connectivity index (χ3n) is 7.59. The maximum atomic E-state index is 12.4. The molecule has 5 nitrogen and oxygen atoms in total. The maximum absolute atomic E-state index is 12.4. The Labute approximate surface area is 228 Å². The predicted octanol–water partition coefficient (Wildman–Crippen LogP) is 7.56. The van der Waals surface area contributed by atoms with Crippen molar-refractivity contribution in [1.29, 1.82) is 0 Å². The Bertz CT molecular complexity index is 1600. The van der Waals surface area contributed by atoms with Gasteiger partial charge in [-0.15, -0.1) is 0 Å². The summed E-state index contributed by atoms with van der Waals surface area (Å²) in [6, 6.07) is 31.0. The van der Waals surface area contributed by atoms with E-state index in [0.717, 1.165) is 68.9 Å². The van der Waals surface area contributed by atoms with Gasteiger partial charge in [-0.05, 0) is 61.1 Å². The van der Waals surface area contributed by atoms with Gasteiger partial charge in [0, 0.05) is 29.3 Å². The Kier molecular flexibility index (Phi) is 6.57. The molecule has 194 valence electrons. The number of rotatable bonds is 8. The highest BCUT2D eigenvalue weighted by molar-refractivity contribution is 5.87. The van der Waals surface area contributed by atoms with Gasteiger partial charge in [-0.2, -0.15) is 0 Å². The Balaban J connectivity index is 1.22. The van der Waals surface area contributed by atoms with Crippen LogP contribution in [-0.2, 0) is 21.4 Å². The van der Waals surface area contributed by atoms with E-state index in [9.17, 15) is 4.79 Å². The van der Waals surface area contributed by atoms with Crippen molar-refractivity contribution in [1.82, 2.24) is 10.1 Å². The molecule has 0 aliphatic heterocycles. The fourth-order valence-corrected chi connectivity index (χ4v) is 5.18. The number of aryl methyl sites for hydroxylation is 1. The van der Waals surface area contributed by atoms with Crippen LogP contribution in [0.15, 0.2) is 102 Å². The first-order chi connectivity index (χ1) is 19.1. The molecule has 0 unspecified atom stereocenters. The van der Waals surface area contributed by atoms with Gasteiger partial charge in [-0.3, -0.25) is 9.78 Å². The van der Waals surface area contributed by atoms with Gasteiger partial charge in [0.25, 0.3) is 0 Å². The fourth-order valence-electron chi connectivity index (χ4n) is 5.18. The summed E-state index contributed by atoms with van der Waals surface area (Å²) in [4.78, 5) is 17.0. The van der Waals surface area contributed by atoms with Crippen LogP contribution in [0.2, 0.25) is 0 Å². The predicted molar refractivity (Wildman–Crippen MR) is 152 cm³/mol. The SMILES string of the molecule is CCOC(=O)C1(c2ccc(-c3ccc(-c4onc(C)c4Cc4ccnc(-c5ccccc5)c4)cc3)cc2)CC1. The second-order valence-corrected chi connectivity index (χ2v) is 10.1. The number of carbonyl (C=O) groups is 1. The summed E-state index contributed by atoms with van der Waals surface area (Å²) in [5.41, 5.74) is 8.95. The minimum Gasteiger partial charge on any atom is -0.465 e. The molecule has 39 heavy (non-hydrogen) atoms. The molecule has 2 heterocycles. The van der Waals surface area contributed by atoms with E-state index in [1.165, 1.54) is 0 Å². The second-order valence-electron chi connectivity index (χ2n) is 10.1. The molecule has 0 atom stereocenters. The molecule has 6 rings (SSSR count). The first-order valence-corrected chi connectivity index (χ1v) is 13.4. The van der Waals surface area contributed by atoms with E-state index >= 15 is 0 Å². The molecule has 0 spiro atoms. The van der Waals surface area contributed by atoms with Crippen LogP contribution < -0.4 is 0 Å². The quantitative estimate of drug-likeness (QED) is 0.200. The smallest absolute Gasteiger partial charge is 0.316 e. The monoisotopic (exact) mass is 514 g/mol. The molecule has 0 saturated heterocycles. The molecule has 1 aliphatic carbocycles. The molecule has 0 N–H and O–H groups in total. The van der Waals surface area contributed by atoms with Gasteiger partial charge in [0.15, 0.2) is 5.76 Å². The van der Waals surface area contributed by atoms with E-state index in [2.05, 4.69) is 76.9 Å². The summed E-state index contributed by atoms with van der Waals surface area (Å²) in [6.07, 6.45) is 4.27. The number of hydrogen-bond acceptors (Lipinski definition) is 5. The average molecular weight is 515 g/mol. The van der Waals surface area contributed by atoms with Crippen molar-refractivity contribution >= 4 is 5.97 Å². The summed E-state index contributed by atoms with van der Waals surface area (Å²) in [5, 5.41) is 4.29. The lowest BCUT2D eigenvalue weighted by Gasteiger charge is -2.14. The third kappa shape index (κ3) is 4.88. The third-order valence-corrected chi connectivity index (χ3v) is 7.59. The Morgan fingerprint density at radius 2 is 1.54 bits per heavy atom. The normalized spacial score (nSPS) is 13.7. The van der Waals surface area contributed by atoms with Crippen LogP contribution in [0.3, 0.4) is 0 Å². The van der Waals surface area contributed by atoms with Crippen molar-refractivity contribution in [2.75, 3.05) is 6.61 Å². The molecule has 1 saturated carbocycles. The van der Waals surface area contributed by atoms with Crippen molar-refractivity contribution in [2.24, 2.45) is 0 Å². The molecule has 0 amide bonds. The topological polar surface area (TPSA) is 65.2 Å². The number of benzene rings is 3. The van der Waals surface area contributed by atoms with Gasteiger partial charge in [0.2, 0.25) is 0 Å². The lowest BCUT2D eigenvalue weighted by Crippen LogP contribution is -2.23. The van der Waals surface area contributed by atoms with E-state index in [4.69, 9.17) is 9.26 Å². The highest BCUT2D eigenvalue weighted by Crippen LogP contribution is 2.49. The number of aromatic nitrogens is 2. The number of ether oxygens (including phenoxy) is 1. The zero-order valence-electron chi connectivity index (χ0n) is 22.2. The first kappa shape index (κ1) is 24.8. The number of nitrogens with zero attached hydrogens (tertiary/aromatic N) is 2. The Morgan fingerprint density at radius 1 is 0.872 bits per heavy atom. The first-order valence-electron chi connectivity index (χ1n) is 13.4. The van der Waals surface area contributed by atoms with Crippen molar-refractivity contribution in [3.05, 3.63) is 120 Å². The largest absolute Gasteiger partial charge is 0.465 e. The highest BCUT2D eigenvalue weighted by Gasteiger charge is 2.52. The fraction of sp³-hybridized carbons (Fsp3) is 0.206. The number of carbonyl (C=O) groups excluding carboxylic acids is 1.